The predicted molar refractivity (Wildman–Crippen MR) is 105 cm³/mol. The number of thiophene rings is 1. The monoisotopic (exact) mass is 362 g/mol. The van der Waals surface area contributed by atoms with Crippen LogP contribution in [0.3, 0.4) is 0 Å². The molecule has 6 heteroatoms. The minimum Gasteiger partial charge on any atom is -0.357 e. The van der Waals surface area contributed by atoms with E-state index in [0.29, 0.717) is 18.7 Å². The average Bonchev–Trinajstić information content (AvgIpc) is 3.08. The van der Waals surface area contributed by atoms with Gasteiger partial charge in [-0.3, -0.25) is 0 Å². The number of hydrogen-bond donors (Lipinski definition) is 2. The molecule has 2 aromatic rings. The van der Waals surface area contributed by atoms with Crippen molar-refractivity contribution in [1.82, 2.24) is 15.5 Å². The standard InChI is InChI=1S/C19H27FN4S/c1-4-21-19(22-10-9-17-6-5-11-25-17)23-13-15-7-8-18(20)16(12-15)14-24(2)3/h5-8,11-12H,4,9-10,13-14H2,1-3H3,(H2,21,22,23). The lowest BCUT2D eigenvalue weighted by atomic mass is 10.1. The van der Waals surface area contributed by atoms with Crippen LogP contribution in [-0.2, 0) is 19.5 Å². The Balaban J connectivity index is 1.95. The fraction of sp³-hybridized carbons (Fsp3) is 0.421. The molecule has 25 heavy (non-hydrogen) atoms. The summed E-state index contributed by atoms with van der Waals surface area (Å²) in [4.78, 5) is 7.93. The van der Waals surface area contributed by atoms with Crippen molar-refractivity contribution < 1.29 is 4.39 Å². The van der Waals surface area contributed by atoms with Gasteiger partial charge in [-0.05, 0) is 56.6 Å². The minimum absolute atomic E-state index is 0.164. The fourth-order valence-electron chi connectivity index (χ4n) is 2.46. The van der Waals surface area contributed by atoms with Gasteiger partial charge >= 0.3 is 0 Å². The smallest absolute Gasteiger partial charge is 0.191 e. The Labute approximate surface area is 153 Å². The van der Waals surface area contributed by atoms with Gasteiger partial charge in [0.1, 0.15) is 5.82 Å². The molecule has 1 heterocycles. The van der Waals surface area contributed by atoms with Gasteiger partial charge in [-0.1, -0.05) is 12.1 Å². The molecule has 0 saturated carbocycles. The molecule has 0 aliphatic heterocycles. The molecule has 2 N–H and O–H groups in total. The number of halogens is 1. The number of nitrogens with one attached hydrogen (secondary N) is 2. The maximum Gasteiger partial charge on any atom is 0.191 e. The SMILES string of the molecule is CCNC(=NCc1ccc(F)c(CN(C)C)c1)NCCc1cccs1. The van der Waals surface area contributed by atoms with Crippen molar-refractivity contribution >= 4 is 17.3 Å². The van der Waals surface area contributed by atoms with Crippen LogP contribution in [0.15, 0.2) is 40.7 Å². The first-order chi connectivity index (χ1) is 12.1. The van der Waals surface area contributed by atoms with Gasteiger partial charge in [-0.25, -0.2) is 9.38 Å². The summed E-state index contributed by atoms with van der Waals surface area (Å²) in [6.45, 7) is 4.79. The fourth-order valence-corrected chi connectivity index (χ4v) is 3.17. The topological polar surface area (TPSA) is 39.7 Å². The molecule has 1 aromatic heterocycles. The van der Waals surface area contributed by atoms with Crippen molar-refractivity contribution in [3.8, 4) is 0 Å². The summed E-state index contributed by atoms with van der Waals surface area (Å²) in [6.07, 6.45) is 0.978. The Hall–Kier alpha value is -1.92. The number of nitrogens with zero attached hydrogens (tertiary/aromatic N) is 2. The summed E-state index contributed by atoms with van der Waals surface area (Å²) in [6, 6.07) is 9.43. The van der Waals surface area contributed by atoms with Crippen LogP contribution in [0.5, 0.6) is 0 Å². The van der Waals surface area contributed by atoms with Crippen LogP contribution in [0, 0.1) is 5.82 Å². The summed E-state index contributed by atoms with van der Waals surface area (Å²) in [5, 5.41) is 8.69. The predicted octanol–water partition coefficient (Wildman–Crippen LogP) is 3.25. The number of hydrogen-bond acceptors (Lipinski definition) is 3. The van der Waals surface area contributed by atoms with Crippen molar-refractivity contribution in [1.29, 1.82) is 0 Å². The molecule has 0 fully saturated rings. The molecule has 0 spiro atoms. The van der Waals surface area contributed by atoms with Gasteiger partial charge in [0.05, 0.1) is 6.54 Å². The van der Waals surface area contributed by atoms with E-state index < -0.39 is 0 Å². The molecule has 0 aliphatic carbocycles. The number of aliphatic imine (C=N–C) groups is 1. The third-order valence-corrected chi connectivity index (χ3v) is 4.54. The van der Waals surface area contributed by atoms with E-state index in [2.05, 4.69) is 33.1 Å². The molecular formula is C19H27FN4S. The summed E-state index contributed by atoms with van der Waals surface area (Å²) < 4.78 is 13.9. The lowest BCUT2D eigenvalue weighted by molar-refractivity contribution is 0.392. The van der Waals surface area contributed by atoms with Gasteiger partial charge in [-0.15, -0.1) is 11.3 Å². The van der Waals surface area contributed by atoms with E-state index in [9.17, 15) is 4.39 Å². The highest BCUT2D eigenvalue weighted by Crippen LogP contribution is 2.13. The summed E-state index contributed by atoms with van der Waals surface area (Å²) in [5.74, 6) is 0.625. The zero-order chi connectivity index (χ0) is 18.1. The molecule has 0 atom stereocenters. The Morgan fingerprint density at radius 1 is 1.24 bits per heavy atom. The van der Waals surface area contributed by atoms with Crippen LogP contribution in [0.4, 0.5) is 4.39 Å². The van der Waals surface area contributed by atoms with E-state index in [-0.39, 0.29) is 5.82 Å². The lowest BCUT2D eigenvalue weighted by Gasteiger charge is -2.13. The minimum atomic E-state index is -0.164. The highest BCUT2D eigenvalue weighted by Gasteiger charge is 2.05. The third-order valence-electron chi connectivity index (χ3n) is 3.60. The van der Waals surface area contributed by atoms with Crippen LogP contribution in [0.2, 0.25) is 0 Å². The zero-order valence-corrected chi connectivity index (χ0v) is 16.0. The molecule has 0 saturated heterocycles. The number of benzene rings is 1. The molecular weight excluding hydrogens is 335 g/mol. The van der Waals surface area contributed by atoms with Crippen molar-refractivity contribution in [3.05, 3.63) is 57.5 Å². The van der Waals surface area contributed by atoms with Crippen molar-refractivity contribution in [2.45, 2.75) is 26.4 Å². The molecule has 0 radical (unpaired) electrons. The molecule has 4 nitrogen and oxygen atoms in total. The Bertz CT molecular complexity index is 668. The summed E-state index contributed by atoms with van der Waals surface area (Å²) in [7, 11) is 3.87. The average molecular weight is 363 g/mol. The Morgan fingerprint density at radius 3 is 2.76 bits per heavy atom. The second kappa shape index (κ2) is 10.2. The van der Waals surface area contributed by atoms with Crippen molar-refractivity contribution in [2.24, 2.45) is 4.99 Å². The molecule has 0 bridgehead atoms. The van der Waals surface area contributed by atoms with Crippen LogP contribution in [-0.4, -0.2) is 38.0 Å². The van der Waals surface area contributed by atoms with E-state index in [4.69, 9.17) is 0 Å². The van der Waals surface area contributed by atoms with E-state index >= 15 is 0 Å². The van der Waals surface area contributed by atoms with Gasteiger partial charge in [0.25, 0.3) is 0 Å². The van der Waals surface area contributed by atoms with Crippen LogP contribution in [0.25, 0.3) is 0 Å². The Morgan fingerprint density at radius 2 is 2.08 bits per heavy atom. The molecule has 2 rings (SSSR count). The van der Waals surface area contributed by atoms with Gasteiger partial charge in [-0.2, -0.15) is 0 Å². The van der Waals surface area contributed by atoms with Crippen LogP contribution in [0.1, 0.15) is 22.9 Å². The maximum absolute atomic E-state index is 13.9. The maximum atomic E-state index is 13.9. The normalized spacial score (nSPS) is 11.8. The molecule has 0 amide bonds. The van der Waals surface area contributed by atoms with E-state index in [1.807, 2.05) is 32.0 Å². The van der Waals surface area contributed by atoms with Gasteiger partial charge in [0.2, 0.25) is 0 Å². The zero-order valence-electron chi connectivity index (χ0n) is 15.2. The first-order valence-corrected chi connectivity index (χ1v) is 9.43. The van der Waals surface area contributed by atoms with Gasteiger partial charge in [0, 0.05) is 30.1 Å². The Kier molecular flexibility index (Phi) is 7.88. The number of rotatable bonds is 8. The van der Waals surface area contributed by atoms with Crippen LogP contribution < -0.4 is 10.6 Å². The van der Waals surface area contributed by atoms with Crippen molar-refractivity contribution in [2.75, 3.05) is 27.2 Å². The highest BCUT2D eigenvalue weighted by atomic mass is 32.1. The summed E-state index contributed by atoms with van der Waals surface area (Å²) >= 11 is 1.77. The first-order valence-electron chi connectivity index (χ1n) is 8.55. The number of guanidine groups is 1. The van der Waals surface area contributed by atoms with Gasteiger partial charge < -0.3 is 15.5 Å². The van der Waals surface area contributed by atoms with Gasteiger partial charge in [0.15, 0.2) is 5.96 Å². The second-order valence-electron chi connectivity index (χ2n) is 6.11. The largest absolute Gasteiger partial charge is 0.357 e. The molecule has 1 aromatic carbocycles. The third kappa shape index (κ3) is 6.84. The van der Waals surface area contributed by atoms with Crippen LogP contribution >= 0.6 is 11.3 Å². The van der Waals surface area contributed by atoms with E-state index in [1.165, 1.54) is 10.9 Å². The quantitative estimate of drug-likeness (QED) is 0.559. The highest BCUT2D eigenvalue weighted by molar-refractivity contribution is 7.09. The van der Waals surface area contributed by atoms with E-state index in [1.54, 1.807) is 17.4 Å². The molecule has 136 valence electrons. The van der Waals surface area contributed by atoms with Crippen molar-refractivity contribution in [3.63, 3.8) is 0 Å². The molecule has 0 unspecified atom stereocenters. The molecule has 0 aliphatic rings. The second-order valence-corrected chi connectivity index (χ2v) is 7.15. The lowest BCUT2D eigenvalue weighted by Crippen LogP contribution is -2.38. The van der Waals surface area contributed by atoms with E-state index in [0.717, 1.165) is 31.0 Å². The first kappa shape index (κ1) is 19.4. The summed E-state index contributed by atoms with van der Waals surface area (Å²) in [5.41, 5.74) is 1.71.